The van der Waals surface area contributed by atoms with Crippen LogP contribution in [0.15, 0.2) is 11.9 Å². The minimum absolute atomic E-state index is 0.111. The fourth-order valence-electron chi connectivity index (χ4n) is 2.85. The standard InChI is InChI=1S/C12H21N3O/c1-12(2)8-6-15(7-9(8)12)11(16)10(14-4)5-13-3/h5,8-9,13-14H,6-7H2,1-4H3/b10-5-. The fourth-order valence-corrected chi connectivity index (χ4v) is 2.85. The van der Waals surface area contributed by atoms with Gasteiger partial charge in [0.15, 0.2) is 0 Å². The zero-order valence-electron chi connectivity index (χ0n) is 10.5. The molecule has 2 atom stereocenters. The van der Waals surface area contributed by atoms with E-state index in [1.165, 1.54) is 0 Å². The van der Waals surface area contributed by atoms with E-state index >= 15 is 0 Å². The van der Waals surface area contributed by atoms with Crippen LogP contribution in [-0.4, -0.2) is 38.0 Å². The van der Waals surface area contributed by atoms with Gasteiger partial charge in [-0.3, -0.25) is 4.79 Å². The molecule has 1 saturated carbocycles. The Morgan fingerprint density at radius 2 is 1.88 bits per heavy atom. The van der Waals surface area contributed by atoms with Gasteiger partial charge in [-0.2, -0.15) is 0 Å². The second kappa shape index (κ2) is 3.68. The number of hydrogen-bond acceptors (Lipinski definition) is 3. The van der Waals surface area contributed by atoms with Crippen LogP contribution in [0, 0.1) is 17.3 Å². The number of fused-ring (bicyclic) bond motifs is 1. The molecule has 2 aliphatic rings. The lowest BCUT2D eigenvalue weighted by Crippen LogP contribution is -2.37. The summed E-state index contributed by atoms with van der Waals surface area (Å²) < 4.78 is 0. The van der Waals surface area contributed by atoms with E-state index in [0.717, 1.165) is 13.1 Å². The maximum Gasteiger partial charge on any atom is 0.271 e. The Morgan fingerprint density at radius 3 is 2.31 bits per heavy atom. The van der Waals surface area contributed by atoms with E-state index < -0.39 is 0 Å². The molecule has 0 spiro atoms. The van der Waals surface area contributed by atoms with E-state index in [4.69, 9.17) is 0 Å². The molecule has 2 unspecified atom stereocenters. The molecule has 2 N–H and O–H groups in total. The van der Waals surface area contributed by atoms with Crippen LogP contribution in [0.4, 0.5) is 0 Å². The monoisotopic (exact) mass is 223 g/mol. The van der Waals surface area contributed by atoms with E-state index in [0.29, 0.717) is 22.9 Å². The molecule has 1 heterocycles. The van der Waals surface area contributed by atoms with Crippen molar-refractivity contribution in [2.75, 3.05) is 27.2 Å². The van der Waals surface area contributed by atoms with Crippen molar-refractivity contribution >= 4 is 5.91 Å². The Kier molecular flexibility index (Phi) is 2.60. The number of likely N-dealkylation sites (N-methyl/N-ethyl adjacent to an activating group) is 1. The second-order valence-corrected chi connectivity index (χ2v) is 5.34. The van der Waals surface area contributed by atoms with Gasteiger partial charge in [-0.1, -0.05) is 13.8 Å². The van der Waals surface area contributed by atoms with E-state index in [1.54, 1.807) is 20.3 Å². The van der Waals surface area contributed by atoms with Gasteiger partial charge in [-0.05, 0) is 17.3 Å². The third-order valence-corrected chi connectivity index (χ3v) is 4.20. The third-order valence-electron chi connectivity index (χ3n) is 4.20. The molecule has 16 heavy (non-hydrogen) atoms. The number of rotatable bonds is 3. The van der Waals surface area contributed by atoms with Gasteiger partial charge in [0.05, 0.1) is 0 Å². The minimum atomic E-state index is 0.111. The van der Waals surface area contributed by atoms with Crippen molar-refractivity contribution in [1.82, 2.24) is 15.5 Å². The Labute approximate surface area is 97.1 Å². The molecule has 0 aromatic rings. The zero-order valence-corrected chi connectivity index (χ0v) is 10.5. The Morgan fingerprint density at radius 1 is 1.31 bits per heavy atom. The van der Waals surface area contributed by atoms with E-state index in [9.17, 15) is 4.79 Å². The number of hydrogen-bond donors (Lipinski definition) is 2. The number of nitrogens with zero attached hydrogens (tertiary/aromatic N) is 1. The van der Waals surface area contributed by atoms with Crippen molar-refractivity contribution in [3.05, 3.63) is 11.9 Å². The molecule has 2 fully saturated rings. The van der Waals surface area contributed by atoms with E-state index in [1.807, 2.05) is 4.90 Å². The fraction of sp³-hybridized carbons (Fsp3) is 0.750. The summed E-state index contributed by atoms with van der Waals surface area (Å²) in [6.45, 7) is 6.43. The number of carbonyl (C=O) groups is 1. The third kappa shape index (κ3) is 1.56. The summed E-state index contributed by atoms with van der Waals surface area (Å²) in [5.41, 5.74) is 1.10. The molecule has 0 bridgehead atoms. The molecule has 4 heteroatoms. The van der Waals surface area contributed by atoms with Crippen LogP contribution in [0.3, 0.4) is 0 Å². The van der Waals surface area contributed by atoms with Crippen molar-refractivity contribution in [2.24, 2.45) is 17.3 Å². The summed E-state index contributed by atoms with van der Waals surface area (Å²) in [7, 11) is 3.58. The summed E-state index contributed by atoms with van der Waals surface area (Å²) in [5.74, 6) is 1.54. The minimum Gasteiger partial charge on any atom is -0.392 e. The van der Waals surface area contributed by atoms with Crippen LogP contribution >= 0.6 is 0 Å². The van der Waals surface area contributed by atoms with Crippen molar-refractivity contribution in [2.45, 2.75) is 13.8 Å². The second-order valence-electron chi connectivity index (χ2n) is 5.34. The SMILES string of the molecule is CN/C=C(\NC)C(=O)N1CC2C(C1)C2(C)C. The molecule has 0 aromatic heterocycles. The lowest BCUT2D eigenvalue weighted by Gasteiger charge is -2.23. The topological polar surface area (TPSA) is 44.4 Å². The van der Waals surface area contributed by atoms with Crippen LogP contribution in [-0.2, 0) is 4.79 Å². The van der Waals surface area contributed by atoms with Crippen molar-refractivity contribution in [3.8, 4) is 0 Å². The van der Waals surface area contributed by atoms with Gasteiger partial charge in [0.2, 0.25) is 0 Å². The van der Waals surface area contributed by atoms with Crippen LogP contribution in [0.2, 0.25) is 0 Å². The molecule has 1 aliphatic carbocycles. The molecule has 90 valence electrons. The summed E-state index contributed by atoms with van der Waals surface area (Å²) >= 11 is 0. The number of likely N-dealkylation sites (tertiary alicyclic amines) is 1. The normalized spacial score (nSPS) is 31.0. The first-order valence-corrected chi connectivity index (χ1v) is 5.86. The van der Waals surface area contributed by atoms with Crippen molar-refractivity contribution in [1.29, 1.82) is 0 Å². The Hall–Kier alpha value is -1.19. The Bertz CT molecular complexity index is 321. The highest BCUT2D eigenvalue weighted by molar-refractivity contribution is 5.93. The van der Waals surface area contributed by atoms with Crippen LogP contribution in [0.25, 0.3) is 0 Å². The maximum atomic E-state index is 12.1. The summed E-state index contributed by atoms with van der Waals surface area (Å²) in [6.07, 6.45) is 1.72. The van der Waals surface area contributed by atoms with Gasteiger partial charge in [0, 0.05) is 33.4 Å². The first-order valence-electron chi connectivity index (χ1n) is 5.86. The van der Waals surface area contributed by atoms with Gasteiger partial charge in [-0.15, -0.1) is 0 Å². The largest absolute Gasteiger partial charge is 0.392 e. The first-order chi connectivity index (χ1) is 7.52. The lowest BCUT2D eigenvalue weighted by molar-refractivity contribution is -0.127. The summed E-state index contributed by atoms with van der Waals surface area (Å²) in [4.78, 5) is 14.1. The van der Waals surface area contributed by atoms with Gasteiger partial charge >= 0.3 is 0 Å². The first kappa shape index (κ1) is 11.3. The smallest absolute Gasteiger partial charge is 0.271 e. The van der Waals surface area contributed by atoms with Crippen molar-refractivity contribution in [3.63, 3.8) is 0 Å². The summed E-state index contributed by atoms with van der Waals surface area (Å²) in [6, 6.07) is 0. The molecular formula is C12H21N3O. The molecule has 4 nitrogen and oxygen atoms in total. The molecule has 0 aromatic carbocycles. The highest BCUT2D eigenvalue weighted by Gasteiger charge is 2.62. The molecule has 1 amide bonds. The van der Waals surface area contributed by atoms with Gasteiger partial charge in [0.1, 0.15) is 5.70 Å². The number of carbonyl (C=O) groups excluding carboxylic acids is 1. The van der Waals surface area contributed by atoms with Gasteiger partial charge < -0.3 is 15.5 Å². The molecule has 1 saturated heterocycles. The highest BCUT2D eigenvalue weighted by Crippen LogP contribution is 2.61. The number of amides is 1. The number of nitrogens with one attached hydrogen (secondary N) is 2. The van der Waals surface area contributed by atoms with Crippen LogP contribution in [0.1, 0.15) is 13.8 Å². The molecular weight excluding hydrogens is 202 g/mol. The Balaban J connectivity index is 1.97. The average Bonchev–Trinajstić information content (AvgIpc) is 2.69. The van der Waals surface area contributed by atoms with Crippen molar-refractivity contribution < 1.29 is 4.79 Å². The zero-order chi connectivity index (χ0) is 11.9. The van der Waals surface area contributed by atoms with Crippen LogP contribution < -0.4 is 10.6 Å². The highest BCUT2D eigenvalue weighted by atomic mass is 16.2. The maximum absolute atomic E-state index is 12.1. The van der Waals surface area contributed by atoms with Crippen LogP contribution in [0.5, 0.6) is 0 Å². The molecule has 1 aliphatic heterocycles. The van der Waals surface area contributed by atoms with E-state index in [-0.39, 0.29) is 5.91 Å². The molecule has 2 rings (SSSR count). The quantitative estimate of drug-likeness (QED) is 0.680. The molecule has 0 radical (unpaired) electrons. The van der Waals surface area contributed by atoms with Gasteiger partial charge in [0.25, 0.3) is 5.91 Å². The predicted octanol–water partition coefficient (Wildman–Crippen LogP) is 0.381. The van der Waals surface area contributed by atoms with E-state index in [2.05, 4.69) is 24.5 Å². The summed E-state index contributed by atoms with van der Waals surface area (Å²) in [5, 5.41) is 5.83. The lowest BCUT2D eigenvalue weighted by atomic mass is 10.1. The average molecular weight is 223 g/mol. The number of piperidine rings is 1. The predicted molar refractivity (Wildman–Crippen MR) is 63.5 cm³/mol. The van der Waals surface area contributed by atoms with Gasteiger partial charge in [-0.25, -0.2) is 0 Å².